The van der Waals surface area contributed by atoms with Gasteiger partial charge in [0.25, 0.3) is 0 Å². The first-order valence-electron chi connectivity index (χ1n) is 17.3. The van der Waals surface area contributed by atoms with Gasteiger partial charge in [-0.25, -0.2) is 0 Å². The van der Waals surface area contributed by atoms with Crippen molar-refractivity contribution in [2.45, 2.75) is 195 Å². The molecule has 0 aliphatic rings. The molecule has 36 heavy (non-hydrogen) atoms. The fraction of sp³-hybridized carbons (Fsp3) is 1.00. The predicted molar refractivity (Wildman–Crippen MR) is 175 cm³/mol. The van der Waals surface area contributed by atoms with E-state index in [0.717, 1.165) is 0 Å². The van der Waals surface area contributed by atoms with Crippen molar-refractivity contribution in [3.05, 3.63) is 0 Å². The Morgan fingerprint density at radius 2 is 0.444 bits per heavy atom. The molecule has 0 saturated heterocycles. The van der Waals surface area contributed by atoms with Gasteiger partial charge in [0.05, 0.1) is 0 Å². The van der Waals surface area contributed by atoms with Crippen LogP contribution in [-0.2, 0) is 0 Å². The number of rotatable bonds is 30. The van der Waals surface area contributed by atoms with Crippen molar-refractivity contribution < 1.29 is 0 Å². The summed E-state index contributed by atoms with van der Waals surface area (Å²) in [5.41, 5.74) is 0. The Hall–Kier alpha value is 0.720. The van der Waals surface area contributed by atoms with Crippen LogP contribution in [0.5, 0.6) is 0 Å². The molecule has 2 heteroatoms. The summed E-state index contributed by atoms with van der Waals surface area (Å²) in [4.78, 5) is 0. The molecule has 220 valence electrons. The molecule has 0 spiro atoms. The summed E-state index contributed by atoms with van der Waals surface area (Å²) in [6.07, 6.45) is 42.4. The molecule has 0 aliphatic heterocycles. The normalized spacial score (nSPS) is 13.2. The van der Waals surface area contributed by atoms with E-state index in [1.54, 1.807) is 0 Å². The summed E-state index contributed by atoms with van der Waals surface area (Å²) >= 11 is 8.12. The fourth-order valence-electron chi connectivity index (χ4n) is 6.17. The number of hydrogen-bond acceptors (Lipinski definition) is 0. The van der Waals surface area contributed by atoms with Gasteiger partial charge in [-0.05, 0) is 0 Å². The fourth-order valence-corrected chi connectivity index (χ4v) is 13.0. The number of halogens is 1. The van der Waals surface area contributed by atoms with Gasteiger partial charge in [0, 0.05) is 0 Å². The first kappa shape index (κ1) is 36.7. The molecular formula is C34H72ClP. The average molecular weight is 547 g/mol. The average Bonchev–Trinajstić information content (AvgIpc) is 2.87. The molecule has 0 aliphatic carbocycles. The monoisotopic (exact) mass is 547 g/mol. The minimum absolute atomic E-state index is 1.35. The van der Waals surface area contributed by atoms with Crippen molar-refractivity contribution in [3.8, 4) is 0 Å². The molecule has 0 nitrogen and oxygen atoms in total. The molecular weight excluding hydrogens is 475 g/mol. The van der Waals surface area contributed by atoms with E-state index in [2.05, 4.69) is 27.7 Å². The second kappa shape index (κ2) is 26.0. The zero-order valence-corrected chi connectivity index (χ0v) is 27.7. The van der Waals surface area contributed by atoms with Crippen LogP contribution < -0.4 is 0 Å². The van der Waals surface area contributed by atoms with Gasteiger partial charge in [0.15, 0.2) is 0 Å². The van der Waals surface area contributed by atoms with Crippen LogP contribution in [0.4, 0.5) is 0 Å². The molecule has 0 aromatic rings. The molecule has 0 unspecified atom stereocenters. The van der Waals surface area contributed by atoms with Crippen LogP contribution >= 0.6 is 17.2 Å². The first-order chi connectivity index (χ1) is 17.5. The molecule has 0 saturated carbocycles. The minimum atomic E-state index is -2.10. The number of hydrogen-bond donors (Lipinski definition) is 0. The zero-order valence-electron chi connectivity index (χ0n) is 26.0. The molecule has 0 aromatic carbocycles. The summed E-state index contributed by atoms with van der Waals surface area (Å²) in [5, 5.41) is 0. The summed E-state index contributed by atoms with van der Waals surface area (Å²) in [5.74, 6) is -2.10. The Morgan fingerprint density at radius 3 is 0.639 bits per heavy atom. The van der Waals surface area contributed by atoms with Gasteiger partial charge < -0.3 is 0 Å². The van der Waals surface area contributed by atoms with Crippen LogP contribution in [0.2, 0.25) is 0 Å². The molecule has 0 bridgehead atoms. The molecule has 0 heterocycles. The van der Waals surface area contributed by atoms with Gasteiger partial charge in [0.2, 0.25) is 0 Å². The first-order valence-corrected chi connectivity index (χ1v) is 21.1. The zero-order chi connectivity index (χ0) is 26.7. The maximum atomic E-state index is 8.12. The summed E-state index contributed by atoms with van der Waals surface area (Å²) in [6.45, 7) is 9.31. The Labute approximate surface area is 236 Å². The quantitative estimate of drug-likeness (QED) is 0.0620. The number of unbranched alkanes of at least 4 members (excludes halogenated alkanes) is 22. The van der Waals surface area contributed by atoms with Crippen LogP contribution in [0.25, 0.3) is 0 Å². The molecule has 0 radical (unpaired) electrons. The molecule has 0 N–H and O–H groups in total. The van der Waals surface area contributed by atoms with Gasteiger partial charge in [-0.15, -0.1) is 0 Å². The van der Waals surface area contributed by atoms with E-state index >= 15 is 0 Å². The van der Waals surface area contributed by atoms with Crippen LogP contribution in [0, 0.1) is 0 Å². The van der Waals surface area contributed by atoms with E-state index in [1.165, 1.54) is 192 Å². The van der Waals surface area contributed by atoms with E-state index in [1.807, 2.05) is 0 Å². The van der Waals surface area contributed by atoms with Crippen molar-refractivity contribution in [1.29, 1.82) is 0 Å². The summed E-state index contributed by atoms with van der Waals surface area (Å²) in [6, 6.07) is 0. The third-order valence-electron chi connectivity index (χ3n) is 8.78. The predicted octanol–water partition coefficient (Wildman–Crippen LogP) is 13.9. The second-order valence-electron chi connectivity index (χ2n) is 12.5. The van der Waals surface area contributed by atoms with Crippen LogP contribution in [-0.4, -0.2) is 24.6 Å². The van der Waals surface area contributed by atoms with Crippen molar-refractivity contribution >= 4 is 17.2 Å². The standard InChI is InChI=1S/C34H72ClP/c1-5-9-13-17-19-21-25-29-33-36(35,31-27-23-15-11-7-3,32-28-24-16-12-8-4)34-30-26-22-20-18-14-10-6-2/h5-34H2,1-4H3. The Bertz CT molecular complexity index is 397. The summed E-state index contributed by atoms with van der Waals surface area (Å²) < 4.78 is 0. The van der Waals surface area contributed by atoms with Gasteiger partial charge in [0.1, 0.15) is 0 Å². The second-order valence-corrected chi connectivity index (χ2v) is 20.8. The van der Waals surface area contributed by atoms with Gasteiger partial charge in [-0.2, -0.15) is 0 Å². The molecule has 0 rings (SSSR count). The third kappa shape index (κ3) is 21.6. The van der Waals surface area contributed by atoms with Crippen LogP contribution in [0.15, 0.2) is 0 Å². The van der Waals surface area contributed by atoms with E-state index in [4.69, 9.17) is 11.2 Å². The van der Waals surface area contributed by atoms with E-state index < -0.39 is 5.96 Å². The van der Waals surface area contributed by atoms with E-state index in [-0.39, 0.29) is 0 Å². The SMILES string of the molecule is CCCCCCCCCCP(Cl)(CCCCCCC)(CCCCCCC)CCCCCCCCCC. The molecule has 0 atom stereocenters. The van der Waals surface area contributed by atoms with Crippen molar-refractivity contribution in [1.82, 2.24) is 0 Å². The van der Waals surface area contributed by atoms with Crippen molar-refractivity contribution in [3.63, 3.8) is 0 Å². The molecule has 0 fully saturated rings. The van der Waals surface area contributed by atoms with Crippen LogP contribution in [0.3, 0.4) is 0 Å². The van der Waals surface area contributed by atoms with E-state index in [9.17, 15) is 0 Å². The van der Waals surface area contributed by atoms with Gasteiger partial charge in [-0.1, -0.05) is 0 Å². The Balaban J connectivity index is 4.92. The van der Waals surface area contributed by atoms with Crippen molar-refractivity contribution in [2.24, 2.45) is 0 Å². The van der Waals surface area contributed by atoms with Crippen molar-refractivity contribution in [2.75, 3.05) is 24.6 Å². The summed E-state index contributed by atoms with van der Waals surface area (Å²) in [7, 11) is 0. The van der Waals surface area contributed by atoms with E-state index in [0.29, 0.717) is 0 Å². The Morgan fingerprint density at radius 1 is 0.278 bits per heavy atom. The topological polar surface area (TPSA) is 0 Å². The van der Waals surface area contributed by atoms with Gasteiger partial charge in [-0.3, -0.25) is 0 Å². The van der Waals surface area contributed by atoms with Crippen LogP contribution in [0.1, 0.15) is 195 Å². The maximum absolute atomic E-state index is 8.12. The van der Waals surface area contributed by atoms with Gasteiger partial charge >= 0.3 is 236 Å². The molecule has 0 aromatic heterocycles. The Kier molecular flexibility index (Phi) is 26.5. The molecule has 0 amide bonds. The third-order valence-corrected chi connectivity index (χ3v) is 16.5.